The van der Waals surface area contributed by atoms with E-state index in [1.807, 2.05) is 12.2 Å². The van der Waals surface area contributed by atoms with Crippen LogP contribution < -0.4 is 0 Å². The summed E-state index contributed by atoms with van der Waals surface area (Å²) >= 11 is 0. The molecule has 0 radical (unpaired) electrons. The Balaban J connectivity index is 4.18. The van der Waals surface area contributed by atoms with Gasteiger partial charge in [-0.05, 0) is 33.1 Å². The van der Waals surface area contributed by atoms with Gasteiger partial charge in [0.15, 0.2) is 0 Å². The number of allylic oxidation sites excluding steroid dienone is 2. The summed E-state index contributed by atoms with van der Waals surface area (Å²) in [6.07, 6.45) is 12.2. The fourth-order valence-electron chi connectivity index (χ4n) is 1.82. The molecule has 3 heteroatoms. The fourth-order valence-corrected chi connectivity index (χ4v) is 1.82. The Morgan fingerprint density at radius 3 is 1.71 bits per heavy atom. The molecule has 0 N–H and O–H groups in total. The molecule has 3 nitrogen and oxygen atoms in total. The summed E-state index contributed by atoms with van der Waals surface area (Å²) in [7, 11) is 0. The molecule has 120 valence electrons. The molecule has 0 saturated carbocycles. The lowest BCUT2D eigenvalue weighted by Crippen LogP contribution is -2.14. The lowest BCUT2D eigenvalue weighted by atomic mass is 10.1. The Morgan fingerprint density at radius 1 is 0.762 bits per heavy atom. The molecule has 0 amide bonds. The summed E-state index contributed by atoms with van der Waals surface area (Å²) in [6.45, 7) is 7.65. The number of unbranched alkanes of at least 4 members (excludes halogenated alkanes) is 6. The Kier molecular flexibility index (Phi) is 11.6. The zero-order chi connectivity index (χ0) is 16.1. The highest BCUT2D eigenvalue weighted by Gasteiger charge is 2.13. The monoisotopic (exact) mass is 294 g/mol. The van der Waals surface area contributed by atoms with Crippen molar-refractivity contribution in [1.29, 1.82) is 0 Å². The predicted molar refractivity (Wildman–Crippen MR) is 86.9 cm³/mol. The number of carbonyl (C=O) groups is 2. The summed E-state index contributed by atoms with van der Waals surface area (Å²) < 4.78 is 4.87. The summed E-state index contributed by atoms with van der Waals surface area (Å²) in [5.41, 5.74) is 1.02. The minimum Gasteiger partial charge on any atom is -0.386 e. The lowest BCUT2D eigenvalue weighted by Gasteiger charge is -2.04. The van der Waals surface area contributed by atoms with Gasteiger partial charge in [-0.15, -0.1) is 0 Å². The molecule has 0 saturated heterocycles. The summed E-state index contributed by atoms with van der Waals surface area (Å²) in [5.74, 6) is -1.06. The van der Waals surface area contributed by atoms with Crippen LogP contribution in [0.5, 0.6) is 0 Å². The quantitative estimate of drug-likeness (QED) is 0.243. The average molecular weight is 294 g/mol. The van der Waals surface area contributed by atoms with Crippen molar-refractivity contribution in [2.75, 3.05) is 0 Å². The van der Waals surface area contributed by atoms with E-state index in [1.165, 1.54) is 19.3 Å². The normalized spacial score (nSPS) is 12.4. The summed E-state index contributed by atoms with van der Waals surface area (Å²) in [6, 6.07) is 0. The molecule has 0 fully saturated rings. The van der Waals surface area contributed by atoms with Crippen molar-refractivity contribution >= 4 is 11.9 Å². The third-order valence-corrected chi connectivity index (χ3v) is 3.35. The zero-order valence-electron chi connectivity index (χ0n) is 14.0. The molecule has 0 unspecified atom stereocenters. The highest BCUT2D eigenvalue weighted by Crippen LogP contribution is 2.08. The Labute approximate surface area is 129 Å². The van der Waals surface area contributed by atoms with Gasteiger partial charge in [-0.25, -0.2) is 9.59 Å². The van der Waals surface area contributed by atoms with Crippen molar-refractivity contribution in [3.63, 3.8) is 0 Å². The molecule has 0 atom stereocenters. The van der Waals surface area contributed by atoms with Gasteiger partial charge in [-0.2, -0.15) is 0 Å². The Bertz CT molecular complexity index is 378. The number of ether oxygens (including phenoxy) is 1. The van der Waals surface area contributed by atoms with Crippen LogP contribution in [0.2, 0.25) is 0 Å². The van der Waals surface area contributed by atoms with Crippen LogP contribution in [-0.4, -0.2) is 11.9 Å². The van der Waals surface area contributed by atoms with E-state index in [0.717, 1.165) is 32.1 Å². The molecule has 0 rings (SSSR count). The summed E-state index contributed by atoms with van der Waals surface area (Å²) in [5, 5.41) is 0. The van der Waals surface area contributed by atoms with Crippen molar-refractivity contribution in [2.45, 2.75) is 79.1 Å². The minimum atomic E-state index is -0.533. The van der Waals surface area contributed by atoms with Gasteiger partial charge in [-0.1, -0.05) is 58.1 Å². The van der Waals surface area contributed by atoms with E-state index in [2.05, 4.69) is 13.8 Å². The largest absolute Gasteiger partial charge is 0.386 e. The highest BCUT2D eigenvalue weighted by molar-refractivity contribution is 6.01. The first-order chi connectivity index (χ1) is 10.0. The van der Waals surface area contributed by atoms with Gasteiger partial charge in [0.2, 0.25) is 0 Å². The van der Waals surface area contributed by atoms with E-state index in [1.54, 1.807) is 13.8 Å². The molecule has 0 aromatic heterocycles. The van der Waals surface area contributed by atoms with Crippen LogP contribution in [-0.2, 0) is 14.3 Å². The second-order valence-corrected chi connectivity index (χ2v) is 5.44. The number of rotatable bonds is 10. The van der Waals surface area contributed by atoms with Crippen molar-refractivity contribution in [3.8, 4) is 0 Å². The van der Waals surface area contributed by atoms with E-state index in [9.17, 15) is 9.59 Å². The van der Waals surface area contributed by atoms with Gasteiger partial charge in [0, 0.05) is 11.1 Å². The lowest BCUT2D eigenvalue weighted by molar-refractivity contribution is -0.153. The van der Waals surface area contributed by atoms with Gasteiger partial charge in [0.05, 0.1) is 0 Å². The molecule has 0 aliphatic rings. The second-order valence-electron chi connectivity index (χ2n) is 5.44. The van der Waals surface area contributed by atoms with Crippen LogP contribution in [0.4, 0.5) is 0 Å². The third-order valence-electron chi connectivity index (χ3n) is 3.35. The molecule has 0 aliphatic carbocycles. The van der Waals surface area contributed by atoms with Gasteiger partial charge in [-0.3, -0.25) is 0 Å². The van der Waals surface area contributed by atoms with Crippen LogP contribution in [0.3, 0.4) is 0 Å². The predicted octanol–water partition coefficient (Wildman–Crippen LogP) is 5.11. The van der Waals surface area contributed by atoms with Crippen molar-refractivity contribution in [1.82, 2.24) is 0 Å². The topological polar surface area (TPSA) is 43.4 Å². The average Bonchev–Trinajstić information content (AvgIpc) is 2.46. The standard InChI is InChI=1S/C18H30O3/c1-5-7-9-10-12-14-16(4)18(20)21-17(19)15(3)13-11-8-6-2/h13-14H,5-12H2,1-4H3. The molecular formula is C18H30O3. The molecule has 21 heavy (non-hydrogen) atoms. The van der Waals surface area contributed by atoms with E-state index in [4.69, 9.17) is 4.74 Å². The second kappa shape index (κ2) is 12.4. The first-order valence-corrected chi connectivity index (χ1v) is 8.12. The Hall–Kier alpha value is -1.38. The number of carbonyl (C=O) groups excluding carboxylic acids is 2. The SMILES string of the molecule is CCCCC=C(C)C(=O)OC(=O)C(C)=CCCCCCC. The van der Waals surface area contributed by atoms with Crippen LogP contribution >= 0.6 is 0 Å². The first-order valence-electron chi connectivity index (χ1n) is 8.12. The van der Waals surface area contributed by atoms with Crippen LogP contribution in [0.1, 0.15) is 79.1 Å². The summed E-state index contributed by atoms with van der Waals surface area (Å²) in [4.78, 5) is 23.5. The third kappa shape index (κ3) is 10.1. The molecule has 0 heterocycles. The number of hydrogen-bond donors (Lipinski definition) is 0. The smallest absolute Gasteiger partial charge is 0.341 e. The Morgan fingerprint density at radius 2 is 1.24 bits per heavy atom. The van der Waals surface area contributed by atoms with Gasteiger partial charge in [0.1, 0.15) is 0 Å². The van der Waals surface area contributed by atoms with Crippen molar-refractivity contribution < 1.29 is 14.3 Å². The van der Waals surface area contributed by atoms with E-state index >= 15 is 0 Å². The molecule has 0 aromatic carbocycles. The van der Waals surface area contributed by atoms with Crippen LogP contribution in [0, 0.1) is 0 Å². The maximum Gasteiger partial charge on any atom is 0.341 e. The zero-order valence-corrected chi connectivity index (χ0v) is 14.0. The van der Waals surface area contributed by atoms with Crippen LogP contribution in [0.25, 0.3) is 0 Å². The van der Waals surface area contributed by atoms with E-state index < -0.39 is 11.9 Å². The molecule has 0 aromatic rings. The van der Waals surface area contributed by atoms with Gasteiger partial charge >= 0.3 is 11.9 Å². The maximum atomic E-state index is 11.8. The molecular weight excluding hydrogens is 264 g/mol. The van der Waals surface area contributed by atoms with Gasteiger partial charge in [0.25, 0.3) is 0 Å². The highest BCUT2D eigenvalue weighted by atomic mass is 16.6. The van der Waals surface area contributed by atoms with Crippen molar-refractivity contribution in [2.24, 2.45) is 0 Å². The number of esters is 2. The van der Waals surface area contributed by atoms with Crippen molar-refractivity contribution in [3.05, 3.63) is 23.3 Å². The molecule has 0 spiro atoms. The van der Waals surface area contributed by atoms with E-state index in [0.29, 0.717) is 11.1 Å². The van der Waals surface area contributed by atoms with Crippen LogP contribution in [0.15, 0.2) is 23.3 Å². The van der Waals surface area contributed by atoms with E-state index in [-0.39, 0.29) is 0 Å². The first kappa shape index (κ1) is 19.6. The fraction of sp³-hybridized carbons (Fsp3) is 0.667. The molecule has 0 aliphatic heterocycles. The molecule has 0 bridgehead atoms. The number of hydrogen-bond acceptors (Lipinski definition) is 3. The minimum absolute atomic E-state index is 0.507. The maximum absolute atomic E-state index is 11.8. The van der Waals surface area contributed by atoms with Gasteiger partial charge < -0.3 is 4.74 Å².